The standard InChI is InChI=1S/C7H12O2/c1-5-3-4-9-7(8)6(5)2/h5-6H,3-4H2,1-2H3. The Morgan fingerprint density at radius 2 is 2.22 bits per heavy atom. The van der Waals surface area contributed by atoms with Gasteiger partial charge in [0.15, 0.2) is 0 Å². The lowest BCUT2D eigenvalue weighted by Crippen LogP contribution is -2.28. The topological polar surface area (TPSA) is 26.3 Å². The van der Waals surface area contributed by atoms with E-state index in [0.29, 0.717) is 12.5 Å². The predicted octanol–water partition coefficient (Wildman–Crippen LogP) is 1.21. The van der Waals surface area contributed by atoms with E-state index in [0.717, 1.165) is 6.42 Å². The lowest BCUT2D eigenvalue weighted by atomic mass is 9.91. The van der Waals surface area contributed by atoms with Crippen molar-refractivity contribution in [1.82, 2.24) is 0 Å². The first-order chi connectivity index (χ1) is 4.22. The number of hydrogen-bond acceptors (Lipinski definition) is 2. The quantitative estimate of drug-likeness (QED) is 0.458. The van der Waals surface area contributed by atoms with E-state index in [1.807, 2.05) is 6.92 Å². The van der Waals surface area contributed by atoms with Gasteiger partial charge in [-0.05, 0) is 12.3 Å². The molecule has 2 heteroatoms. The predicted molar refractivity (Wildman–Crippen MR) is 33.9 cm³/mol. The van der Waals surface area contributed by atoms with Crippen molar-refractivity contribution in [1.29, 1.82) is 0 Å². The summed E-state index contributed by atoms with van der Waals surface area (Å²) in [6.07, 6.45) is 1.02. The van der Waals surface area contributed by atoms with Crippen LogP contribution in [0, 0.1) is 11.8 Å². The summed E-state index contributed by atoms with van der Waals surface area (Å²) in [7, 11) is 0. The van der Waals surface area contributed by atoms with Crippen molar-refractivity contribution in [3.8, 4) is 0 Å². The molecule has 0 amide bonds. The minimum atomic E-state index is -0.0336. The van der Waals surface area contributed by atoms with Gasteiger partial charge in [-0.2, -0.15) is 0 Å². The molecule has 1 aliphatic heterocycles. The van der Waals surface area contributed by atoms with E-state index in [1.165, 1.54) is 0 Å². The zero-order chi connectivity index (χ0) is 6.85. The fourth-order valence-electron chi connectivity index (χ4n) is 0.959. The van der Waals surface area contributed by atoms with E-state index in [9.17, 15) is 4.79 Å². The van der Waals surface area contributed by atoms with E-state index in [4.69, 9.17) is 4.74 Å². The Kier molecular flexibility index (Phi) is 1.74. The number of ether oxygens (including phenoxy) is 1. The third-order valence-corrected chi connectivity index (χ3v) is 2.04. The van der Waals surface area contributed by atoms with Crippen LogP contribution in [0.4, 0.5) is 0 Å². The smallest absolute Gasteiger partial charge is 0.308 e. The first-order valence-corrected chi connectivity index (χ1v) is 3.38. The van der Waals surface area contributed by atoms with Gasteiger partial charge in [0, 0.05) is 0 Å². The molecule has 9 heavy (non-hydrogen) atoms. The third kappa shape index (κ3) is 1.23. The van der Waals surface area contributed by atoms with Gasteiger partial charge >= 0.3 is 5.97 Å². The largest absolute Gasteiger partial charge is 0.465 e. The summed E-state index contributed by atoms with van der Waals surface area (Å²) in [5.74, 6) is 0.582. The monoisotopic (exact) mass is 128 g/mol. The van der Waals surface area contributed by atoms with E-state index in [-0.39, 0.29) is 11.9 Å². The zero-order valence-electron chi connectivity index (χ0n) is 5.89. The molecule has 1 rings (SSSR count). The number of rotatable bonds is 0. The van der Waals surface area contributed by atoms with E-state index in [1.54, 1.807) is 0 Å². The number of carbonyl (C=O) groups is 1. The molecule has 0 spiro atoms. The van der Waals surface area contributed by atoms with E-state index in [2.05, 4.69) is 6.92 Å². The fourth-order valence-corrected chi connectivity index (χ4v) is 0.959. The first-order valence-electron chi connectivity index (χ1n) is 3.38. The van der Waals surface area contributed by atoms with Gasteiger partial charge in [0.05, 0.1) is 12.5 Å². The van der Waals surface area contributed by atoms with E-state index >= 15 is 0 Å². The second kappa shape index (κ2) is 2.38. The molecule has 0 aromatic rings. The van der Waals surface area contributed by atoms with E-state index < -0.39 is 0 Å². The van der Waals surface area contributed by atoms with Crippen molar-refractivity contribution in [3.63, 3.8) is 0 Å². The summed E-state index contributed by atoms with van der Waals surface area (Å²) < 4.78 is 4.82. The minimum absolute atomic E-state index is 0.0336. The van der Waals surface area contributed by atoms with Crippen LogP contribution < -0.4 is 0 Å². The average Bonchev–Trinajstić information content (AvgIpc) is 1.83. The van der Waals surface area contributed by atoms with Crippen LogP contribution in [0.3, 0.4) is 0 Å². The van der Waals surface area contributed by atoms with Crippen LogP contribution in [0.2, 0.25) is 0 Å². The van der Waals surface area contributed by atoms with Gasteiger partial charge in [-0.3, -0.25) is 4.79 Å². The molecule has 1 heterocycles. The molecule has 0 aliphatic carbocycles. The highest BCUT2D eigenvalue weighted by molar-refractivity contribution is 5.72. The number of cyclic esters (lactones) is 1. The molecular formula is C7H12O2. The van der Waals surface area contributed by atoms with Gasteiger partial charge in [0.1, 0.15) is 0 Å². The molecule has 0 aromatic carbocycles. The van der Waals surface area contributed by atoms with Gasteiger partial charge < -0.3 is 4.74 Å². The molecule has 52 valence electrons. The van der Waals surface area contributed by atoms with Crippen LogP contribution in [0.1, 0.15) is 20.3 Å². The van der Waals surface area contributed by atoms with Crippen molar-refractivity contribution >= 4 is 5.97 Å². The molecule has 2 nitrogen and oxygen atoms in total. The van der Waals surface area contributed by atoms with Gasteiger partial charge in [-0.25, -0.2) is 0 Å². The first kappa shape index (κ1) is 6.59. The van der Waals surface area contributed by atoms with Crippen LogP contribution in [-0.2, 0) is 9.53 Å². The second-order valence-electron chi connectivity index (χ2n) is 2.72. The molecule has 0 bridgehead atoms. The van der Waals surface area contributed by atoms with Crippen LogP contribution in [0.5, 0.6) is 0 Å². The normalized spacial score (nSPS) is 36.0. The van der Waals surface area contributed by atoms with Crippen LogP contribution >= 0.6 is 0 Å². The molecule has 0 aromatic heterocycles. The Bertz CT molecular complexity index is 120. The highest BCUT2D eigenvalue weighted by atomic mass is 16.5. The van der Waals surface area contributed by atoms with Gasteiger partial charge in [0.2, 0.25) is 0 Å². The van der Waals surface area contributed by atoms with Crippen LogP contribution in [0.25, 0.3) is 0 Å². The van der Waals surface area contributed by atoms with Gasteiger partial charge in [-0.1, -0.05) is 13.8 Å². The molecule has 2 atom stereocenters. The molecule has 0 radical (unpaired) electrons. The van der Waals surface area contributed by atoms with Crippen molar-refractivity contribution in [3.05, 3.63) is 0 Å². The zero-order valence-corrected chi connectivity index (χ0v) is 5.89. The minimum Gasteiger partial charge on any atom is -0.465 e. The highest BCUT2D eigenvalue weighted by Gasteiger charge is 2.25. The lowest BCUT2D eigenvalue weighted by Gasteiger charge is -2.23. The number of esters is 1. The lowest BCUT2D eigenvalue weighted by molar-refractivity contribution is -0.155. The van der Waals surface area contributed by atoms with Crippen LogP contribution in [0.15, 0.2) is 0 Å². The molecule has 0 N–H and O–H groups in total. The third-order valence-electron chi connectivity index (χ3n) is 2.04. The second-order valence-corrected chi connectivity index (χ2v) is 2.72. The average molecular weight is 128 g/mol. The maximum Gasteiger partial charge on any atom is 0.308 e. The SMILES string of the molecule is CC1CCOC(=O)C1C. The van der Waals surface area contributed by atoms with Gasteiger partial charge in [0.25, 0.3) is 0 Å². The highest BCUT2D eigenvalue weighted by Crippen LogP contribution is 2.20. The van der Waals surface area contributed by atoms with Crippen molar-refractivity contribution in [2.24, 2.45) is 11.8 Å². The van der Waals surface area contributed by atoms with Crippen molar-refractivity contribution in [2.45, 2.75) is 20.3 Å². The molecule has 1 saturated heterocycles. The Labute approximate surface area is 55.2 Å². The Balaban J connectivity index is 2.51. The van der Waals surface area contributed by atoms with Crippen LogP contribution in [-0.4, -0.2) is 12.6 Å². The van der Waals surface area contributed by atoms with Crippen molar-refractivity contribution < 1.29 is 9.53 Å². The Morgan fingerprint density at radius 1 is 1.56 bits per heavy atom. The number of hydrogen-bond donors (Lipinski definition) is 0. The molecule has 0 saturated carbocycles. The summed E-state index contributed by atoms with van der Waals surface area (Å²) in [6.45, 7) is 4.63. The molecule has 2 unspecified atom stereocenters. The molecule has 1 aliphatic rings. The summed E-state index contributed by atoms with van der Waals surface area (Å²) in [5.41, 5.74) is 0. The Morgan fingerprint density at radius 3 is 2.67 bits per heavy atom. The summed E-state index contributed by atoms with van der Waals surface area (Å²) in [4.78, 5) is 10.8. The molecular weight excluding hydrogens is 116 g/mol. The fraction of sp³-hybridized carbons (Fsp3) is 0.857. The summed E-state index contributed by atoms with van der Waals surface area (Å²) in [5, 5.41) is 0. The summed E-state index contributed by atoms with van der Waals surface area (Å²) >= 11 is 0. The van der Waals surface area contributed by atoms with Crippen molar-refractivity contribution in [2.75, 3.05) is 6.61 Å². The maximum atomic E-state index is 10.8. The molecule has 1 fully saturated rings. The Hall–Kier alpha value is -0.530. The number of carbonyl (C=O) groups excluding carboxylic acids is 1. The summed E-state index contributed by atoms with van der Waals surface area (Å²) in [6, 6.07) is 0. The van der Waals surface area contributed by atoms with Gasteiger partial charge in [-0.15, -0.1) is 0 Å². The maximum absolute atomic E-state index is 10.8.